The summed E-state index contributed by atoms with van der Waals surface area (Å²) in [6.07, 6.45) is 7.98. The highest BCUT2D eigenvalue weighted by Crippen LogP contribution is 2.48. The average molecular weight is 400 g/mol. The molecule has 0 aromatic heterocycles. The molecule has 3 rings (SSSR count). The summed E-state index contributed by atoms with van der Waals surface area (Å²) in [7, 11) is 1.97. The van der Waals surface area contributed by atoms with Crippen molar-refractivity contribution in [2.24, 2.45) is 5.41 Å². The summed E-state index contributed by atoms with van der Waals surface area (Å²) in [5.74, 6) is -2.84. The van der Waals surface area contributed by atoms with Gasteiger partial charge in [-0.15, -0.1) is 0 Å². The quantitative estimate of drug-likeness (QED) is 0.753. The van der Waals surface area contributed by atoms with E-state index in [1.165, 1.54) is 0 Å². The summed E-state index contributed by atoms with van der Waals surface area (Å²) in [5.41, 5.74) is 1.11. The van der Waals surface area contributed by atoms with Gasteiger partial charge in [-0.25, -0.2) is 8.78 Å². The number of halogens is 3. The molecule has 1 fully saturated rings. The van der Waals surface area contributed by atoms with Crippen molar-refractivity contribution < 1.29 is 13.6 Å². The summed E-state index contributed by atoms with van der Waals surface area (Å²) in [6, 6.07) is 0. The molecular weight excluding hydrogens is 372 g/mol. The maximum atomic E-state index is 13.8. The number of nitrogens with one attached hydrogen (secondary N) is 2. The smallest absolute Gasteiger partial charge is 0.252 e. The zero-order valence-corrected chi connectivity index (χ0v) is 16.7. The van der Waals surface area contributed by atoms with E-state index in [-0.39, 0.29) is 24.9 Å². The molecule has 1 heterocycles. The maximum absolute atomic E-state index is 13.8. The van der Waals surface area contributed by atoms with E-state index in [0.717, 1.165) is 18.4 Å². The number of rotatable bonds is 4. The third-order valence-electron chi connectivity index (χ3n) is 6.11. The molecule has 7 heteroatoms. The lowest BCUT2D eigenvalue weighted by Gasteiger charge is -2.45. The molecule has 150 valence electrons. The number of carbonyl (C=O) groups is 1. The lowest BCUT2D eigenvalue weighted by atomic mass is 9.67. The van der Waals surface area contributed by atoms with Crippen LogP contribution in [0.15, 0.2) is 34.5 Å². The predicted octanol–water partition coefficient (Wildman–Crippen LogP) is 3.91. The lowest BCUT2D eigenvalue weighted by Crippen LogP contribution is -2.51. The number of carbonyl (C=O) groups excluding carboxylic acids is 1. The van der Waals surface area contributed by atoms with Gasteiger partial charge < -0.3 is 10.2 Å². The average Bonchev–Trinajstić information content (AvgIpc) is 2.64. The molecule has 0 radical (unpaired) electrons. The predicted molar refractivity (Wildman–Crippen MR) is 103 cm³/mol. The molecule has 0 spiro atoms. The van der Waals surface area contributed by atoms with Crippen LogP contribution in [0.5, 0.6) is 0 Å². The van der Waals surface area contributed by atoms with E-state index in [4.69, 9.17) is 11.6 Å². The van der Waals surface area contributed by atoms with E-state index in [1.54, 1.807) is 0 Å². The molecule has 1 unspecified atom stereocenters. The molecule has 0 bridgehead atoms. The van der Waals surface area contributed by atoms with Gasteiger partial charge in [-0.05, 0) is 38.2 Å². The molecule has 1 amide bonds. The van der Waals surface area contributed by atoms with Gasteiger partial charge in [-0.1, -0.05) is 23.8 Å². The van der Waals surface area contributed by atoms with Gasteiger partial charge in [0.1, 0.15) is 0 Å². The van der Waals surface area contributed by atoms with E-state index < -0.39 is 11.3 Å². The van der Waals surface area contributed by atoms with Crippen molar-refractivity contribution in [1.29, 1.82) is 0 Å². The van der Waals surface area contributed by atoms with Crippen LogP contribution in [0, 0.1) is 5.41 Å². The Morgan fingerprint density at radius 1 is 1.30 bits per heavy atom. The fourth-order valence-electron chi connectivity index (χ4n) is 4.03. The maximum Gasteiger partial charge on any atom is 0.252 e. The third kappa shape index (κ3) is 4.54. The van der Waals surface area contributed by atoms with Crippen LogP contribution in [0.25, 0.3) is 0 Å². The van der Waals surface area contributed by atoms with Gasteiger partial charge in [0.05, 0.1) is 11.7 Å². The minimum absolute atomic E-state index is 0.150. The first-order chi connectivity index (χ1) is 12.7. The van der Waals surface area contributed by atoms with Gasteiger partial charge in [0, 0.05) is 49.6 Å². The highest BCUT2D eigenvalue weighted by molar-refractivity contribution is 6.35. The second kappa shape index (κ2) is 7.92. The third-order valence-corrected chi connectivity index (χ3v) is 6.46. The van der Waals surface area contributed by atoms with Crippen molar-refractivity contribution in [2.45, 2.75) is 57.5 Å². The first-order valence-corrected chi connectivity index (χ1v) is 9.99. The zero-order valence-electron chi connectivity index (χ0n) is 16.0. The van der Waals surface area contributed by atoms with E-state index in [2.05, 4.69) is 28.7 Å². The molecule has 4 nitrogen and oxygen atoms in total. The van der Waals surface area contributed by atoms with Gasteiger partial charge in [0.15, 0.2) is 0 Å². The van der Waals surface area contributed by atoms with Gasteiger partial charge in [-0.2, -0.15) is 0 Å². The van der Waals surface area contributed by atoms with E-state index in [1.807, 2.05) is 19.2 Å². The SMILES string of the molecule is CC1NCC(C2(CNC(=O)C3=CCCC=C3Cl)CCC(F)(F)CC2)=CN1C. The van der Waals surface area contributed by atoms with Crippen molar-refractivity contribution in [3.8, 4) is 0 Å². The summed E-state index contributed by atoms with van der Waals surface area (Å²) >= 11 is 6.16. The van der Waals surface area contributed by atoms with Crippen LogP contribution in [0.3, 0.4) is 0 Å². The van der Waals surface area contributed by atoms with Crippen LogP contribution in [0.4, 0.5) is 8.78 Å². The van der Waals surface area contributed by atoms with E-state index in [0.29, 0.717) is 36.5 Å². The number of amides is 1. The van der Waals surface area contributed by atoms with Crippen molar-refractivity contribution in [1.82, 2.24) is 15.5 Å². The topological polar surface area (TPSA) is 44.4 Å². The number of hydrogen-bond donors (Lipinski definition) is 2. The normalized spacial score (nSPS) is 27.4. The Labute approximate surface area is 164 Å². The van der Waals surface area contributed by atoms with Crippen LogP contribution in [-0.4, -0.2) is 43.0 Å². The Morgan fingerprint density at radius 2 is 1.96 bits per heavy atom. The summed E-state index contributed by atoms with van der Waals surface area (Å²) in [6.45, 7) is 3.05. The minimum atomic E-state index is -2.62. The lowest BCUT2D eigenvalue weighted by molar-refractivity contribution is -0.118. The van der Waals surface area contributed by atoms with E-state index in [9.17, 15) is 13.6 Å². The molecule has 3 aliphatic rings. The highest BCUT2D eigenvalue weighted by atomic mass is 35.5. The van der Waals surface area contributed by atoms with Crippen molar-refractivity contribution in [2.75, 3.05) is 20.1 Å². The van der Waals surface area contributed by atoms with E-state index >= 15 is 0 Å². The Hall–Kier alpha value is -1.40. The summed E-state index contributed by atoms with van der Waals surface area (Å²) in [5, 5.41) is 6.85. The first kappa shape index (κ1) is 20.3. The second-order valence-corrected chi connectivity index (χ2v) is 8.35. The van der Waals surface area contributed by atoms with Crippen molar-refractivity contribution >= 4 is 17.5 Å². The standard InChI is InChI=1S/C20H28ClF2N3O/c1-14-24-11-15(12-26(14)2)19(7-9-20(22,23)10-8-19)13-25-18(27)16-5-3-4-6-17(16)21/h5-6,12,14,24H,3-4,7-11,13H2,1-2H3,(H,25,27). The Bertz CT molecular complexity index is 677. The molecule has 0 aromatic rings. The molecule has 2 N–H and O–H groups in total. The number of allylic oxidation sites excluding steroid dienone is 2. The van der Waals surface area contributed by atoms with Gasteiger partial charge in [0.25, 0.3) is 5.91 Å². The van der Waals surface area contributed by atoms with Gasteiger partial charge in [-0.3, -0.25) is 10.1 Å². The molecule has 1 atom stereocenters. The number of alkyl halides is 2. The molecule has 2 aliphatic carbocycles. The molecule has 1 aliphatic heterocycles. The summed E-state index contributed by atoms with van der Waals surface area (Å²) < 4.78 is 27.7. The fraction of sp³-hybridized carbons (Fsp3) is 0.650. The Balaban J connectivity index is 1.77. The van der Waals surface area contributed by atoms with Crippen LogP contribution in [0.2, 0.25) is 0 Å². The monoisotopic (exact) mass is 399 g/mol. The molecule has 27 heavy (non-hydrogen) atoms. The minimum Gasteiger partial charge on any atom is -0.365 e. The Morgan fingerprint density at radius 3 is 2.59 bits per heavy atom. The second-order valence-electron chi connectivity index (χ2n) is 7.94. The zero-order chi connectivity index (χ0) is 19.7. The highest BCUT2D eigenvalue weighted by Gasteiger charge is 2.46. The van der Waals surface area contributed by atoms with Crippen molar-refractivity contribution in [3.63, 3.8) is 0 Å². The molecule has 0 saturated heterocycles. The van der Waals surface area contributed by atoms with Crippen LogP contribution in [-0.2, 0) is 4.79 Å². The van der Waals surface area contributed by atoms with Gasteiger partial charge in [0.2, 0.25) is 5.92 Å². The Kier molecular flexibility index (Phi) is 5.96. The van der Waals surface area contributed by atoms with Crippen molar-refractivity contribution in [3.05, 3.63) is 34.5 Å². The molecule has 1 saturated carbocycles. The van der Waals surface area contributed by atoms with Crippen LogP contribution < -0.4 is 10.6 Å². The molecule has 0 aromatic carbocycles. The number of hydrogen-bond acceptors (Lipinski definition) is 3. The number of nitrogens with zero attached hydrogens (tertiary/aromatic N) is 1. The molecular formula is C20H28ClF2N3O. The summed E-state index contributed by atoms with van der Waals surface area (Å²) in [4.78, 5) is 14.7. The van der Waals surface area contributed by atoms with Crippen LogP contribution in [0.1, 0.15) is 45.4 Å². The largest absolute Gasteiger partial charge is 0.365 e. The fourth-order valence-corrected chi connectivity index (χ4v) is 4.30. The van der Waals surface area contributed by atoms with Crippen LogP contribution >= 0.6 is 11.6 Å². The van der Waals surface area contributed by atoms with Gasteiger partial charge >= 0.3 is 0 Å². The first-order valence-electron chi connectivity index (χ1n) is 9.61.